The molecule has 2 aromatic rings. The Kier molecular flexibility index (Phi) is 7.29. The number of aliphatic hydroxyl groups is 1. The summed E-state index contributed by atoms with van der Waals surface area (Å²) in [5.41, 5.74) is 0.633. The van der Waals surface area contributed by atoms with E-state index in [2.05, 4.69) is 18.7 Å². The summed E-state index contributed by atoms with van der Waals surface area (Å²) in [7, 11) is 1.56. The third-order valence-electron chi connectivity index (χ3n) is 5.48. The summed E-state index contributed by atoms with van der Waals surface area (Å²) in [5.74, 6) is -0.688. The zero-order valence-electron chi connectivity index (χ0n) is 17.6. The van der Waals surface area contributed by atoms with Crippen LogP contribution in [0.15, 0.2) is 47.4 Å². The maximum absolute atomic E-state index is 12.9. The summed E-state index contributed by atoms with van der Waals surface area (Å²) in [6.45, 7) is 7.42. The van der Waals surface area contributed by atoms with Gasteiger partial charge in [0, 0.05) is 17.0 Å². The van der Waals surface area contributed by atoms with E-state index in [9.17, 15) is 14.7 Å². The number of hydrogen-bond acceptors (Lipinski definition) is 6. The number of ether oxygens (including phenoxy) is 1. The Balaban J connectivity index is 1.95. The fourth-order valence-corrected chi connectivity index (χ4v) is 4.61. The Morgan fingerprint density at radius 3 is 2.43 bits per heavy atom. The molecule has 1 fully saturated rings. The number of benzene rings is 1. The van der Waals surface area contributed by atoms with Crippen molar-refractivity contribution in [1.29, 1.82) is 0 Å². The Hall–Kier alpha value is -2.64. The molecule has 1 aliphatic heterocycles. The molecule has 1 aliphatic rings. The molecular weight excluding hydrogens is 400 g/mol. The topological polar surface area (TPSA) is 70.1 Å². The number of thiophene rings is 1. The smallest absolute Gasteiger partial charge is 0.295 e. The lowest BCUT2D eigenvalue weighted by Crippen LogP contribution is -2.33. The summed E-state index contributed by atoms with van der Waals surface area (Å²) >= 11 is 1.48. The van der Waals surface area contributed by atoms with E-state index in [0.717, 1.165) is 30.9 Å². The number of carbonyl (C=O) groups is 2. The molecule has 0 radical (unpaired) electrons. The van der Waals surface area contributed by atoms with Crippen LogP contribution in [-0.2, 0) is 9.59 Å². The van der Waals surface area contributed by atoms with Gasteiger partial charge in [0.15, 0.2) is 0 Å². The van der Waals surface area contributed by atoms with Gasteiger partial charge in [-0.25, -0.2) is 0 Å². The monoisotopic (exact) mass is 428 g/mol. The number of nitrogens with zero attached hydrogens (tertiary/aromatic N) is 2. The third-order valence-corrected chi connectivity index (χ3v) is 6.41. The van der Waals surface area contributed by atoms with E-state index in [1.165, 1.54) is 11.3 Å². The SMILES string of the molecule is CCN(CC)CCCN1C(=O)C(=O)/C(=C(/O)c2ccc(OC)cc2)[C@@H]1c1cccs1. The molecule has 2 heterocycles. The molecule has 6 nitrogen and oxygen atoms in total. The van der Waals surface area contributed by atoms with Crippen molar-refractivity contribution in [1.82, 2.24) is 9.80 Å². The van der Waals surface area contributed by atoms with Crippen LogP contribution in [0.25, 0.3) is 5.76 Å². The van der Waals surface area contributed by atoms with Gasteiger partial charge in [0.1, 0.15) is 11.5 Å². The minimum absolute atomic E-state index is 0.149. The van der Waals surface area contributed by atoms with Gasteiger partial charge in [-0.05, 0) is 61.8 Å². The van der Waals surface area contributed by atoms with Gasteiger partial charge in [-0.15, -0.1) is 11.3 Å². The lowest BCUT2D eigenvalue weighted by molar-refractivity contribution is -0.139. The summed E-state index contributed by atoms with van der Waals surface area (Å²) in [4.78, 5) is 30.6. The van der Waals surface area contributed by atoms with E-state index in [1.807, 2.05) is 17.5 Å². The van der Waals surface area contributed by atoms with Crippen molar-refractivity contribution in [3.05, 3.63) is 57.8 Å². The molecule has 0 spiro atoms. The van der Waals surface area contributed by atoms with Crippen LogP contribution < -0.4 is 4.74 Å². The normalized spacial score (nSPS) is 18.4. The number of rotatable bonds is 9. The number of ketones is 1. The summed E-state index contributed by atoms with van der Waals surface area (Å²) in [6.07, 6.45) is 0.763. The molecule has 0 saturated carbocycles. The molecule has 0 bridgehead atoms. The maximum atomic E-state index is 12.9. The lowest BCUT2D eigenvalue weighted by atomic mass is 10.00. The van der Waals surface area contributed by atoms with Gasteiger partial charge in [0.05, 0.1) is 18.7 Å². The Morgan fingerprint density at radius 2 is 1.87 bits per heavy atom. The van der Waals surface area contributed by atoms with E-state index in [-0.39, 0.29) is 11.3 Å². The van der Waals surface area contributed by atoms with Gasteiger partial charge >= 0.3 is 0 Å². The first-order valence-corrected chi connectivity index (χ1v) is 11.1. The first-order chi connectivity index (χ1) is 14.5. The number of Topliss-reactive ketones (excluding diaryl/α,β-unsaturated/α-hetero) is 1. The highest BCUT2D eigenvalue weighted by Crippen LogP contribution is 2.41. The van der Waals surface area contributed by atoms with E-state index in [4.69, 9.17) is 4.74 Å². The fourth-order valence-electron chi connectivity index (χ4n) is 3.76. The maximum Gasteiger partial charge on any atom is 0.295 e. The van der Waals surface area contributed by atoms with Gasteiger partial charge in [-0.1, -0.05) is 19.9 Å². The molecule has 1 aromatic carbocycles. The number of amides is 1. The van der Waals surface area contributed by atoms with Crippen molar-refractivity contribution < 1.29 is 19.4 Å². The van der Waals surface area contributed by atoms with Crippen LogP contribution in [0.3, 0.4) is 0 Å². The van der Waals surface area contributed by atoms with Crippen molar-refractivity contribution in [2.75, 3.05) is 33.3 Å². The lowest BCUT2D eigenvalue weighted by Gasteiger charge is -2.25. The predicted molar refractivity (Wildman–Crippen MR) is 119 cm³/mol. The minimum atomic E-state index is -0.635. The molecule has 1 aromatic heterocycles. The summed E-state index contributed by atoms with van der Waals surface area (Å²) in [6, 6.07) is 10.0. The van der Waals surface area contributed by atoms with Crippen molar-refractivity contribution in [2.24, 2.45) is 0 Å². The molecule has 160 valence electrons. The number of methoxy groups -OCH3 is 1. The summed E-state index contributed by atoms with van der Waals surface area (Å²) < 4.78 is 5.16. The van der Waals surface area contributed by atoms with E-state index in [0.29, 0.717) is 17.9 Å². The molecule has 30 heavy (non-hydrogen) atoms. The van der Waals surface area contributed by atoms with E-state index in [1.54, 1.807) is 36.3 Å². The molecule has 3 rings (SSSR count). The van der Waals surface area contributed by atoms with Gasteiger partial charge in [0.25, 0.3) is 11.7 Å². The van der Waals surface area contributed by atoms with Crippen molar-refractivity contribution in [3.63, 3.8) is 0 Å². The second kappa shape index (κ2) is 9.91. The zero-order valence-corrected chi connectivity index (χ0v) is 18.4. The van der Waals surface area contributed by atoms with Crippen LogP contribution in [0.2, 0.25) is 0 Å². The second-order valence-corrected chi connectivity index (χ2v) is 8.10. The van der Waals surface area contributed by atoms with Crippen molar-refractivity contribution in [3.8, 4) is 5.75 Å². The molecule has 0 aliphatic carbocycles. The molecule has 1 amide bonds. The van der Waals surface area contributed by atoms with Crippen LogP contribution in [0.5, 0.6) is 5.75 Å². The average Bonchev–Trinajstić information content (AvgIpc) is 3.38. The minimum Gasteiger partial charge on any atom is -0.507 e. The Labute approximate surface area is 181 Å². The van der Waals surface area contributed by atoms with Gasteiger partial charge in [0.2, 0.25) is 0 Å². The van der Waals surface area contributed by atoms with Crippen LogP contribution in [0, 0.1) is 0 Å². The predicted octanol–water partition coefficient (Wildman–Crippen LogP) is 3.91. The zero-order chi connectivity index (χ0) is 21.7. The number of hydrogen-bond donors (Lipinski definition) is 1. The fraction of sp³-hybridized carbons (Fsp3) is 0.391. The van der Waals surface area contributed by atoms with E-state index >= 15 is 0 Å². The highest BCUT2D eigenvalue weighted by atomic mass is 32.1. The highest BCUT2D eigenvalue weighted by Gasteiger charge is 2.46. The number of aliphatic hydroxyl groups excluding tert-OH is 1. The Morgan fingerprint density at radius 1 is 1.17 bits per heavy atom. The highest BCUT2D eigenvalue weighted by molar-refractivity contribution is 7.10. The molecular formula is C23H28N2O4S. The van der Waals surface area contributed by atoms with Crippen LogP contribution in [-0.4, -0.2) is 59.9 Å². The molecule has 1 atom stereocenters. The molecule has 1 N–H and O–H groups in total. The van der Waals surface area contributed by atoms with Crippen molar-refractivity contribution in [2.45, 2.75) is 26.3 Å². The van der Waals surface area contributed by atoms with Gasteiger partial charge in [-0.2, -0.15) is 0 Å². The van der Waals surface area contributed by atoms with Crippen molar-refractivity contribution >= 4 is 28.8 Å². The van der Waals surface area contributed by atoms with E-state index < -0.39 is 17.7 Å². The van der Waals surface area contributed by atoms with Crippen LogP contribution in [0.4, 0.5) is 0 Å². The van der Waals surface area contributed by atoms with Gasteiger partial charge in [-0.3, -0.25) is 9.59 Å². The Bertz CT molecular complexity index is 902. The summed E-state index contributed by atoms with van der Waals surface area (Å²) in [5, 5.41) is 12.9. The van der Waals surface area contributed by atoms with Crippen LogP contribution in [0.1, 0.15) is 36.8 Å². The first kappa shape index (κ1) is 22.1. The first-order valence-electron chi connectivity index (χ1n) is 10.2. The third kappa shape index (κ3) is 4.42. The molecule has 7 heteroatoms. The number of likely N-dealkylation sites (tertiary alicyclic amines) is 1. The van der Waals surface area contributed by atoms with Crippen LogP contribution >= 0.6 is 11.3 Å². The largest absolute Gasteiger partial charge is 0.507 e. The van der Waals surface area contributed by atoms with Gasteiger partial charge < -0.3 is 19.6 Å². The quantitative estimate of drug-likeness (QED) is 0.373. The number of carbonyl (C=O) groups excluding carboxylic acids is 2. The second-order valence-electron chi connectivity index (χ2n) is 7.12. The molecule has 1 saturated heterocycles. The average molecular weight is 429 g/mol. The molecule has 0 unspecified atom stereocenters. The standard InChI is InChI=1S/C23H28N2O4S/c1-4-24(5-2)13-7-14-25-20(18-8-6-15-30-18)19(22(27)23(25)28)21(26)16-9-11-17(29-3)12-10-16/h6,8-12,15,20,26H,4-5,7,13-14H2,1-3H3/b21-19+/t20-/m0/s1.